The number of rotatable bonds is 2. The third-order valence-corrected chi connectivity index (χ3v) is 3.92. The molecular formula is C11H12N2OS. The van der Waals surface area contributed by atoms with Crippen LogP contribution < -0.4 is 4.74 Å². The lowest BCUT2D eigenvalue weighted by Crippen LogP contribution is -1.96. The summed E-state index contributed by atoms with van der Waals surface area (Å²) in [6.07, 6.45) is 4.26. The highest BCUT2D eigenvalue weighted by molar-refractivity contribution is 7.99. The minimum atomic E-state index is 0.421. The zero-order chi connectivity index (χ0) is 10.7. The molecule has 1 atom stereocenters. The van der Waals surface area contributed by atoms with Crippen LogP contribution in [0.25, 0.3) is 0 Å². The monoisotopic (exact) mass is 220 g/mol. The first-order chi connectivity index (χ1) is 7.35. The Morgan fingerprint density at radius 1 is 1.67 bits per heavy atom. The average molecular weight is 220 g/mol. The van der Waals surface area contributed by atoms with Gasteiger partial charge in [0.25, 0.3) is 0 Å². The van der Waals surface area contributed by atoms with Crippen molar-refractivity contribution in [1.29, 1.82) is 5.26 Å². The molecule has 0 saturated carbocycles. The second-order valence-corrected chi connectivity index (χ2v) is 4.75. The van der Waals surface area contributed by atoms with Gasteiger partial charge in [-0.3, -0.25) is 0 Å². The molecule has 1 aromatic rings. The molecule has 15 heavy (non-hydrogen) atoms. The van der Waals surface area contributed by atoms with Crippen LogP contribution in [0.3, 0.4) is 0 Å². The van der Waals surface area contributed by atoms with Gasteiger partial charge in [0.2, 0.25) is 5.88 Å². The number of methoxy groups -OCH3 is 1. The van der Waals surface area contributed by atoms with Crippen molar-refractivity contribution >= 4 is 11.8 Å². The van der Waals surface area contributed by atoms with Gasteiger partial charge in [0.15, 0.2) is 0 Å². The molecule has 2 heterocycles. The quantitative estimate of drug-likeness (QED) is 0.768. The maximum Gasteiger partial charge on any atom is 0.231 e. The zero-order valence-corrected chi connectivity index (χ0v) is 9.38. The highest BCUT2D eigenvalue weighted by Gasteiger charge is 2.19. The molecule has 1 aliphatic heterocycles. The summed E-state index contributed by atoms with van der Waals surface area (Å²) in [6, 6.07) is 4.01. The molecule has 0 radical (unpaired) electrons. The van der Waals surface area contributed by atoms with Gasteiger partial charge < -0.3 is 4.74 Å². The van der Waals surface area contributed by atoms with Crippen molar-refractivity contribution in [1.82, 2.24) is 4.98 Å². The predicted molar refractivity (Wildman–Crippen MR) is 59.9 cm³/mol. The molecule has 4 heteroatoms. The van der Waals surface area contributed by atoms with E-state index in [9.17, 15) is 0 Å². The molecule has 0 aliphatic carbocycles. The second-order valence-electron chi connectivity index (χ2n) is 3.44. The number of hydrogen-bond donors (Lipinski definition) is 0. The summed E-state index contributed by atoms with van der Waals surface area (Å²) < 4.78 is 5.01. The lowest BCUT2D eigenvalue weighted by atomic mass is 10.1. The van der Waals surface area contributed by atoms with E-state index < -0.39 is 0 Å². The fourth-order valence-corrected chi connectivity index (χ4v) is 3.00. The van der Waals surface area contributed by atoms with Gasteiger partial charge in [-0.1, -0.05) is 0 Å². The fourth-order valence-electron chi connectivity index (χ4n) is 1.73. The second kappa shape index (κ2) is 4.54. The summed E-state index contributed by atoms with van der Waals surface area (Å²) in [5.41, 5.74) is 1.68. The largest absolute Gasteiger partial charge is 0.480 e. The number of nitrogens with zero attached hydrogens (tertiary/aromatic N) is 2. The van der Waals surface area contributed by atoms with Crippen molar-refractivity contribution in [3.63, 3.8) is 0 Å². The van der Waals surface area contributed by atoms with E-state index in [1.54, 1.807) is 0 Å². The van der Waals surface area contributed by atoms with Gasteiger partial charge in [0, 0.05) is 11.4 Å². The Labute approximate surface area is 93.5 Å². The molecule has 1 aromatic heterocycles. The minimum Gasteiger partial charge on any atom is -0.480 e. The van der Waals surface area contributed by atoms with Crippen molar-refractivity contribution < 1.29 is 4.74 Å². The van der Waals surface area contributed by atoms with E-state index in [4.69, 9.17) is 10.00 Å². The molecule has 0 bridgehead atoms. The molecule has 0 spiro atoms. The number of thioether (sulfide) groups is 1. The number of aromatic nitrogens is 1. The normalized spacial score (nSPS) is 19.9. The molecule has 3 nitrogen and oxygen atoms in total. The Hall–Kier alpha value is -1.21. The lowest BCUT2D eigenvalue weighted by molar-refractivity contribution is 0.396. The summed E-state index contributed by atoms with van der Waals surface area (Å²) in [7, 11) is 1.53. The number of nitriles is 1. The molecule has 1 unspecified atom stereocenters. The number of ether oxygens (including phenoxy) is 1. The molecule has 78 valence electrons. The van der Waals surface area contributed by atoms with Gasteiger partial charge in [0.05, 0.1) is 7.11 Å². The standard InChI is InChI=1S/C11H12N2OS/c1-14-11-8(6-12)5-9(7-13-11)10-3-2-4-15-10/h5,7,10H,2-4H2,1H3. The third-order valence-electron chi connectivity index (χ3n) is 2.49. The Kier molecular flexibility index (Phi) is 3.12. The van der Waals surface area contributed by atoms with Crippen molar-refractivity contribution in [2.45, 2.75) is 18.1 Å². The van der Waals surface area contributed by atoms with Gasteiger partial charge in [-0.2, -0.15) is 17.0 Å². The smallest absolute Gasteiger partial charge is 0.231 e. The molecule has 2 rings (SSSR count). The van der Waals surface area contributed by atoms with Crippen LogP contribution in [-0.2, 0) is 0 Å². The number of hydrogen-bond acceptors (Lipinski definition) is 4. The van der Waals surface area contributed by atoms with Crippen LogP contribution in [0.5, 0.6) is 5.88 Å². The summed E-state index contributed by atoms with van der Waals surface area (Å²) >= 11 is 1.94. The van der Waals surface area contributed by atoms with E-state index in [0.717, 1.165) is 5.56 Å². The summed E-state index contributed by atoms with van der Waals surface area (Å²) in [5.74, 6) is 1.63. The Morgan fingerprint density at radius 3 is 3.13 bits per heavy atom. The van der Waals surface area contributed by atoms with E-state index in [-0.39, 0.29) is 0 Å². The van der Waals surface area contributed by atoms with Crippen molar-refractivity contribution in [2.75, 3.05) is 12.9 Å². The van der Waals surface area contributed by atoms with Gasteiger partial charge in [-0.05, 0) is 30.2 Å². The highest BCUT2D eigenvalue weighted by atomic mass is 32.2. The maximum absolute atomic E-state index is 8.94. The highest BCUT2D eigenvalue weighted by Crippen LogP contribution is 2.40. The zero-order valence-electron chi connectivity index (χ0n) is 8.56. The van der Waals surface area contributed by atoms with Gasteiger partial charge >= 0.3 is 0 Å². The van der Waals surface area contributed by atoms with Crippen LogP contribution >= 0.6 is 11.8 Å². The Bertz CT molecular complexity index is 394. The molecule has 1 aliphatic rings. The molecular weight excluding hydrogens is 208 g/mol. The average Bonchev–Trinajstić information content (AvgIpc) is 2.81. The van der Waals surface area contributed by atoms with E-state index >= 15 is 0 Å². The van der Waals surface area contributed by atoms with Crippen LogP contribution in [-0.4, -0.2) is 17.8 Å². The fraction of sp³-hybridized carbons (Fsp3) is 0.455. The summed E-state index contributed by atoms with van der Waals surface area (Å²) in [6.45, 7) is 0. The first-order valence-corrected chi connectivity index (χ1v) is 5.95. The first-order valence-electron chi connectivity index (χ1n) is 4.91. The van der Waals surface area contributed by atoms with Crippen LogP contribution in [0.2, 0.25) is 0 Å². The van der Waals surface area contributed by atoms with E-state index in [1.165, 1.54) is 25.7 Å². The molecule has 1 saturated heterocycles. The third kappa shape index (κ3) is 2.07. The predicted octanol–water partition coefficient (Wildman–Crippen LogP) is 2.53. The first kappa shape index (κ1) is 10.3. The van der Waals surface area contributed by atoms with E-state index in [2.05, 4.69) is 11.1 Å². The van der Waals surface area contributed by atoms with E-state index in [0.29, 0.717) is 16.7 Å². The summed E-state index contributed by atoms with van der Waals surface area (Å²) in [4.78, 5) is 4.15. The Balaban J connectivity index is 2.30. The minimum absolute atomic E-state index is 0.421. The number of pyridine rings is 1. The molecule has 0 aromatic carbocycles. The SMILES string of the molecule is COc1ncc(C2CCCS2)cc1C#N. The molecule has 0 amide bonds. The topological polar surface area (TPSA) is 45.9 Å². The van der Waals surface area contributed by atoms with Crippen LogP contribution in [0.1, 0.15) is 29.2 Å². The van der Waals surface area contributed by atoms with Crippen LogP contribution in [0.15, 0.2) is 12.3 Å². The lowest BCUT2D eigenvalue weighted by Gasteiger charge is -2.09. The van der Waals surface area contributed by atoms with E-state index in [1.807, 2.05) is 24.0 Å². The van der Waals surface area contributed by atoms with Gasteiger partial charge in [-0.15, -0.1) is 0 Å². The maximum atomic E-state index is 8.94. The summed E-state index contributed by atoms with van der Waals surface area (Å²) in [5, 5.41) is 9.45. The van der Waals surface area contributed by atoms with Crippen molar-refractivity contribution in [3.8, 4) is 11.9 Å². The van der Waals surface area contributed by atoms with Gasteiger partial charge in [-0.25, -0.2) is 4.98 Å². The van der Waals surface area contributed by atoms with Crippen LogP contribution in [0, 0.1) is 11.3 Å². The molecule has 1 fully saturated rings. The van der Waals surface area contributed by atoms with Gasteiger partial charge in [0.1, 0.15) is 11.6 Å². The van der Waals surface area contributed by atoms with Crippen LogP contribution in [0.4, 0.5) is 0 Å². The molecule has 0 N–H and O–H groups in total. The Morgan fingerprint density at radius 2 is 2.53 bits per heavy atom. The van der Waals surface area contributed by atoms with Crippen molar-refractivity contribution in [2.24, 2.45) is 0 Å². The van der Waals surface area contributed by atoms with Crippen molar-refractivity contribution in [3.05, 3.63) is 23.4 Å².